The number of guanidine groups is 1. The van der Waals surface area contributed by atoms with Gasteiger partial charge in [0.25, 0.3) is 0 Å². The van der Waals surface area contributed by atoms with Crippen molar-refractivity contribution in [2.75, 3.05) is 38.5 Å². The van der Waals surface area contributed by atoms with Gasteiger partial charge in [-0.05, 0) is 32.6 Å². The standard InChI is InChI=1S/C17H31N3OS.HI/c1-2-18-15(19-12-16(14-21)8-9-16)20-10-11-22-17(13-20)6-4-3-5-7-17;/h21H,2-14H2,1H3,(H,18,19);1H. The van der Waals surface area contributed by atoms with Crippen LogP contribution in [0.2, 0.25) is 0 Å². The van der Waals surface area contributed by atoms with E-state index in [1.165, 1.54) is 37.9 Å². The lowest BCUT2D eigenvalue weighted by Crippen LogP contribution is -2.53. The number of aliphatic hydroxyl groups is 1. The van der Waals surface area contributed by atoms with E-state index in [0.717, 1.165) is 45.0 Å². The van der Waals surface area contributed by atoms with Gasteiger partial charge in [0.05, 0.1) is 13.2 Å². The van der Waals surface area contributed by atoms with E-state index in [4.69, 9.17) is 4.99 Å². The van der Waals surface area contributed by atoms with Crippen LogP contribution in [0.3, 0.4) is 0 Å². The van der Waals surface area contributed by atoms with Crippen LogP contribution in [0.1, 0.15) is 51.9 Å². The predicted octanol–water partition coefficient (Wildman–Crippen LogP) is 3.09. The van der Waals surface area contributed by atoms with Gasteiger partial charge in [0.1, 0.15) is 0 Å². The molecule has 0 bridgehead atoms. The summed E-state index contributed by atoms with van der Waals surface area (Å²) in [6, 6.07) is 0. The van der Waals surface area contributed by atoms with Gasteiger partial charge in [0.15, 0.2) is 5.96 Å². The van der Waals surface area contributed by atoms with E-state index in [9.17, 15) is 5.11 Å². The number of rotatable bonds is 4. The third-order valence-electron chi connectivity index (χ3n) is 5.50. The fraction of sp³-hybridized carbons (Fsp3) is 0.941. The molecule has 1 spiro atoms. The normalized spacial score (nSPS) is 25.8. The Morgan fingerprint density at radius 2 is 1.96 bits per heavy atom. The summed E-state index contributed by atoms with van der Waals surface area (Å²) < 4.78 is 0.473. The molecule has 0 radical (unpaired) electrons. The highest BCUT2D eigenvalue weighted by atomic mass is 127. The molecule has 6 heteroatoms. The Hall–Kier alpha value is 0.310. The Morgan fingerprint density at radius 3 is 2.57 bits per heavy atom. The number of hydrogen-bond donors (Lipinski definition) is 2. The van der Waals surface area contributed by atoms with Gasteiger partial charge in [-0.2, -0.15) is 11.8 Å². The van der Waals surface area contributed by atoms with Crippen molar-refractivity contribution in [1.29, 1.82) is 0 Å². The zero-order valence-electron chi connectivity index (χ0n) is 14.4. The van der Waals surface area contributed by atoms with Crippen LogP contribution in [0.25, 0.3) is 0 Å². The molecule has 0 aromatic heterocycles. The van der Waals surface area contributed by atoms with Gasteiger partial charge in [-0.15, -0.1) is 24.0 Å². The predicted molar refractivity (Wildman–Crippen MR) is 110 cm³/mol. The van der Waals surface area contributed by atoms with Crippen LogP contribution < -0.4 is 5.32 Å². The molecule has 2 aliphatic carbocycles. The Balaban J connectivity index is 0.00000192. The molecule has 23 heavy (non-hydrogen) atoms. The molecule has 1 saturated heterocycles. The van der Waals surface area contributed by atoms with Crippen molar-refractivity contribution < 1.29 is 5.11 Å². The number of thioether (sulfide) groups is 1. The van der Waals surface area contributed by atoms with Crippen LogP contribution in [0.4, 0.5) is 0 Å². The van der Waals surface area contributed by atoms with Gasteiger partial charge in [-0.25, -0.2) is 0 Å². The number of nitrogens with zero attached hydrogens (tertiary/aromatic N) is 2. The van der Waals surface area contributed by atoms with Crippen molar-refractivity contribution in [2.45, 2.75) is 56.6 Å². The molecule has 0 unspecified atom stereocenters. The Bertz CT molecular complexity index is 403. The number of nitrogens with one attached hydrogen (secondary N) is 1. The maximum atomic E-state index is 9.50. The minimum Gasteiger partial charge on any atom is -0.396 e. The summed E-state index contributed by atoms with van der Waals surface area (Å²) in [5.41, 5.74) is 0.105. The lowest BCUT2D eigenvalue weighted by molar-refractivity contribution is 0.216. The maximum Gasteiger partial charge on any atom is 0.194 e. The molecule has 0 atom stereocenters. The summed E-state index contributed by atoms with van der Waals surface area (Å²) in [6.45, 7) is 6.38. The Labute approximate surface area is 162 Å². The molecular weight excluding hydrogens is 421 g/mol. The van der Waals surface area contributed by atoms with Crippen molar-refractivity contribution >= 4 is 41.7 Å². The van der Waals surface area contributed by atoms with Crippen LogP contribution in [-0.2, 0) is 0 Å². The van der Waals surface area contributed by atoms with E-state index in [0.29, 0.717) is 4.75 Å². The number of aliphatic imine (C=N–C) groups is 1. The molecular formula is C17H32IN3OS. The monoisotopic (exact) mass is 453 g/mol. The fourth-order valence-electron chi connectivity index (χ4n) is 3.74. The van der Waals surface area contributed by atoms with Gasteiger partial charge in [0, 0.05) is 35.5 Å². The van der Waals surface area contributed by atoms with Crippen LogP contribution in [0.15, 0.2) is 4.99 Å². The summed E-state index contributed by atoms with van der Waals surface area (Å²) in [5, 5.41) is 13.0. The van der Waals surface area contributed by atoms with Gasteiger partial charge >= 0.3 is 0 Å². The molecule has 3 rings (SSSR count). The summed E-state index contributed by atoms with van der Waals surface area (Å²) in [6.07, 6.45) is 9.19. The molecule has 3 aliphatic rings. The van der Waals surface area contributed by atoms with Gasteiger partial charge in [0.2, 0.25) is 0 Å². The average molecular weight is 453 g/mol. The van der Waals surface area contributed by atoms with Crippen molar-refractivity contribution in [3.05, 3.63) is 0 Å². The Morgan fingerprint density at radius 1 is 1.22 bits per heavy atom. The maximum absolute atomic E-state index is 9.50. The van der Waals surface area contributed by atoms with Gasteiger partial charge in [-0.3, -0.25) is 4.99 Å². The van der Waals surface area contributed by atoms with Crippen LogP contribution in [-0.4, -0.2) is 59.3 Å². The van der Waals surface area contributed by atoms with Crippen molar-refractivity contribution in [1.82, 2.24) is 10.2 Å². The second kappa shape index (κ2) is 8.61. The molecule has 0 amide bonds. The van der Waals surface area contributed by atoms with E-state index in [1.807, 2.05) is 0 Å². The number of hydrogen-bond acceptors (Lipinski definition) is 3. The van der Waals surface area contributed by atoms with E-state index < -0.39 is 0 Å². The topological polar surface area (TPSA) is 47.9 Å². The van der Waals surface area contributed by atoms with E-state index in [2.05, 4.69) is 28.9 Å². The summed E-state index contributed by atoms with van der Waals surface area (Å²) in [5.74, 6) is 2.29. The van der Waals surface area contributed by atoms with Crippen LogP contribution in [0, 0.1) is 5.41 Å². The van der Waals surface area contributed by atoms with Crippen molar-refractivity contribution in [2.24, 2.45) is 10.4 Å². The lowest BCUT2D eigenvalue weighted by Gasteiger charge is -2.45. The van der Waals surface area contributed by atoms with Crippen molar-refractivity contribution in [3.63, 3.8) is 0 Å². The highest BCUT2D eigenvalue weighted by Crippen LogP contribution is 2.45. The first-order valence-electron chi connectivity index (χ1n) is 8.99. The minimum absolute atomic E-state index is 0. The summed E-state index contributed by atoms with van der Waals surface area (Å²) >= 11 is 2.20. The zero-order chi connectivity index (χ0) is 15.5. The largest absolute Gasteiger partial charge is 0.396 e. The highest BCUT2D eigenvalue weighted by Gasteiger charge is 2.42. The molecule has 0 aromatic rings. The first kappa shape index (κ1) is 19.6. The van der Waals surface area contributed by atoms with E-state index in [-0.39, 0.29) is 36.0 Å². The van der Waals surface area contributed by atoms with E-state index in [1.54, 1.807) is 0 Å². The number of aliphatic hydroxyl groups excluding tert-OH is 1. The molecule has 2 N–H and O–H groups in total. The quantitative estimate of drug-likeness (QED) is 0.390. The van der Waals surface area contributed by atoms with Crippen LogP contribution in [0.5, 0.6) is 0 Å². The lowest BCUT2D eigenvalue weighted by atomic mass is 9.87. The smallest absolute Gasteiger partial charge is 0.194 e. The van der Waals surface area contributed by atoms with Gasteiger partial charge < -0.3 is 15.3 Å². The zero-order valence-corrected chi connectivity index (χ0v) is 17.5. The summed E-state index contributed by atoms with van der Waals surface area (Å²) in [4.78, 5) is 7.37. The Kier molecular flexibility index (Phi) is 7.35. The summed E-state index contributed by atoms with van der Waals surface area (Å²) in [7, 11) is 0. The first-order valence-corrected chi connectivity index (χ1v) is 9.98. The molecule has 4 nitrogen and oxygen atoms in total. The second-order valence-electron chi connectivity index (χ2n) is 7.34. The van der Waals surface area contributed by atoms with E-state index >= 15 is 0 Å². The second-order valence-corrected chi connectivity index (χ2v) is 8.90. The molecule has 1 heterocycles. The molecule has 0 aromatic carbocycles. The average Bonchev–Trinajstić information content (AvgIpc) is 3.33. The van der Waals surface area contributed by atoms with Crippen LogP contribution >= 0.6 is 35.7 Å². The third-order valence-corrected chi connectivity index (χ3v) is 7.04. The molecule has 3 fully saturated rings. The third kappa shape index (κ3) is 4.91. The number of halogens is 1. The van der Waals surface area contributed by atoms with Gasteiger partial charge in [-0.1, -0.05) is 19.3 Å². The molecule has 1 aliphatic heterocycles. The molecule has 134 valence electrons. The SMILES string of the molecule is CCNC(=NCC1(CO)CC1)N1CCSC2(CCCCC2)C1.I. The van der Waals surface area contributed by atoms with Crippen molar-refractivity contribution in [3.8, 4) is 0 Å². The minimum atomic E-state index is 0. The molecule has 2 saturated carbocycles. The first-order chi connectivity index (χ1) is 10.7. The highest BCUT2D eigenvalue weighted by molar-refractivity contribution is 14.0. The fourth-order valence-corrected chi connectivity index (χ4v) is 5.30.